The summed E-state index contributed by atoms with van der Waals surface area (Å²) in [6.07, 6.45) is 4.70. The molecule has 0 bridgehead atoms. The molecule has 0 heterocycles. The van der Waals surface area contributed by atoms with E-state index in [-0.39, 0.29) is 24.9 Å². The summed E-state index contributed by atoms with van der Waals surface area (Å²) in [7, 11) is -3.22. The van der Waals surface area contributed by atoms with Crippen LogP contribution in [0, 0.1) is 17.8 Å². The van der Waals surface area contributed by atoms with Crippen LogP contribution in [-0.2, 0) is 14.8 Å². The van der Waals surface area contributed by atoms with E-state index in [0.29, 0.717) is 17.8 Å². The molecule has 1 saturated carbocycles. The fourth-order valence-electron chi connectivity index (χ4n) is 3.00. The number of hydrogen-bond acceptors (Lipinski definition) is 3. The summed E-state index contributed by atoms with van der Waals surface area (Å²) < 4.78 is 24.2. The number of nitrogens with one attached hydrogen (secondary N) is 2. The van der Waals surface area contributed by atoms with Gasteiger partial charge in [0.05, 0.1) is 6.26 Å². The third kappa shape index (κ3) is 6.22. The lowest BCUT2D eigenvalue weighted by molar-refractivity contribution is -0.122. The second-order valence-corrected chi connectivity index (χ2v) is 8.25. The minimum Gasteiger partial charge on any atom is -0.353 e. The summed E-state index contributed by atoms with van der Waals surface area (Å²) in [5.74, 6) is 1.66. The van der Waals surface area contributed by atoms with E-state index in [0.717, 1.165) is 19.1 Å². The largest absolute Gasteiger partial charge is 0.353 e. The predicted octanol–water partition coefficient (Wildman–Crippen LogP) is 1.50. The highest BCUT2D eigenvalue weighted by Crippen LogP contribution is 2.33. The first-order valence-electron chi connectivity index (χ1n) is 7.43. The molecule has 0 aliphatic heterocycles. The molecule has 1 fully saturated rings. The topological polar surface area (TPSA) is 75.3 Å². The molecule has 0 unspecified atom stereocenters. The van der Waals surface area contributed by atoms with E-state index >= 15 is 0 Å². The van der Waals surface area contributed by atoms with Crippen molar-refractivity contribution in [2.24, 2.45) is 17.8 Å². The first-order valence-corrected chi connectivity index (χ1v) is 9.32. The van der Waals surface area contributed by atoms with Gasteiger partial charge in [0, 0.05) is 19.0 Å². The number of carbonyl (C=O) groups is 1. The van der Waals surface area contributed by atoms with Crippen LogP contribution in [0.3, 0.4) is 0 Å². The van der Waals surface area contributed by atoms with Crippen LogP contribution in [0.5, 0.6) is 0 Å². The summed E-state index contributed by atoms with van der Waals surface area (Å²) in [5.41, 5.74) is 0. The molecule has 1 rings (SSSR count). The summed E-state index contributed by atoms with van der Waals surface area (Å²) in [6.45, 7) is 6.79. The van der Waals surface area contributed by atoms with Gasteiger partial charge in [-0.05, 0) is 30.6 Å². The molecule has 1 aliphatic rings. The van der Waals surface area contributed by atoms with Gasteiger partial charge in [-0.15, -0.1) is 0 Å². The fourth-order valence-corrected chi connectivity index (χ4v) is 3.47. The SMILES string of the molecule is CC(C)[C@@H]1CC[C@@H](C)C[C@H]1NC(=O)CCNS(C)(=O)=O. The number of sulfonamides is 1. The van der Waals surface area contributed by atoms with Gasteiger partial charge < -0.3 is 5.32 Å². The highest BCUT2D eigenvalue weighted by molar-refractivity contribution is 7.88. The molecular weight excluding hydrogens is 276 g/mol. The van der Waals surface area contributed by atoms with Gasteiger partial charge >= 0.3 is 0 Å². The minimum absolute atomic E-state index is 0.0640. The molecule has 2 N–H and O–H groups in total. The fraction of sp³-hybridized carbons (Fsp3) is 0.929. The Hall–Kier alpha value is -0.620. The lowest BCUT2D eigenvalue weighted by atomic mass is 9.74. The van der Waals surface area contributed by atoms with Crippen molar-refractivity contribution in [3.63, 3.8) is 0 Å². The Morgan fingerprint density at radius 3 is 2.50 bits per heavy atom. The second-order valence-electron chi connectivity index (χ2n) is 6.42. The molecule has 5 nitrogen and oxygen atoms in total. The van der Waals surface area contributed by atoms with Crippen LogP contribution in [0.25, 0.3) is 0 Å². The quantitative estimate of drug-likeness (QED) is 0.781. The van der Waals surface area contributed by atoms with E-state index in [1.807, 2.05) is 0 Å². The van der Waals surface area contributed by atoms with Crippen LogP contribution in [0.1, 0.15) is 46.5 Å². The number of hydrogen-bond donors (Lipinski definition) is 2. The Kier molecular flexibility index (Phi) is 6.45. The molecule has 118 valence electrons. The van der Waals surface area contributed by atoms with Crippen molar-refractivity contribution in [1.29, 1.82) is 0 Å². The lowest BCUT2D eigenvalue weighted by Crippen LogP contribution is -2.46. The molecule has 0 aromatic heterocycles. The van der Waals surface area contributed by atoms with Crippen LogP contribution in [0.2, 0.25) is 0 Å². The van der Waals surface area contributed by atoms with Gasteiger partial charge in [-0.1, -0.05) is 27.2 Å². The molecule has 3 atom stereocenters. The van der Waals surface area contributed by atoms with Crippen LogP contribution in [0.4, 0.5) is 0 Å². The monoisotopic (exact) mass is 304 g/mol. The summed E-state index contributed by atoms with van der Waals surface area (Å²) in [5, 5.41) is 3.09. The Bertz CT molecular complexity index is 420. The molecule has 0 aromatic carbocycles. The van der Waals surface area contributed by atoms with Crippen molar-refractivity contribution in [2.45, 2.75) is 52.5 Å². The maximum atomic E-state index is 11.9. The van der Waals surface area contributed by atoms with Gasteiger partial charge in [0.1, 0.15) is 0 Å². The van der Waals surface area contributed by atoms with Crippen molar-refractivity contribution in [3.8, 4) is 0 Å². The van der Waals surface area contributed by atoms with Crippen LogP contribution in [-0.4, -0.2) is 33.2 Å². The average molecular weight is 304 g/mol. The van der Waals surface area contributed by atoms with Crippen molar-refractivity contribution in [2.75, 3.05) is 12.8 Å². The zero-order chi connectivity index (χ0) is 15.3. The van der Waals surface area contributed by atoms with E-state index in [1.165, 1.54) is 6.42 Å². The first-order chi connectivity index (χ1) is 9.19. The van der Waals surface area contributed by atoms with E-state index in [2.05, 4.69) is 30.8 Å². The molecule has 1 amide bonds. The highest BCUT2D eigenvalue weighted by atomic mass is 32.2. The molecule has 20 heavy (non-hydrogen) atoms. The second kappa shape index (κ2) is 7.41. The number of carbonyl (C=O) groups excluding carboxylic acids is 1. The van der Waals surface area contributed by atoms with Crippen molar-refractivity contribution >= 4 is 15.9 Å². The van der Waals surface area contributed by atoms with Gasteiger partial charge in [0.15, 0.2) is 0 Å². The molecule has 0 saturated heterocycles. The Morgan fingerprint density at radius 2 is 1.95 bits per heavy atom. The van der Waals surface area contributed by atoms with Crippen molar-refractivity contribution in [3.05, 3.63) is 0 Å². The number of rotatable bonds is 6. The van der Waals surface area contributed by atoms with Gasteiger partial charge in [0.2, 0.25) is 15.9 Å². The Balaban J connectivity index is 2.45. The molecule has 0 radical (unpaired) electrons. The third-order valence-electron chi connectivity index (χ3n) is 4.08. The summed E-state index contributed by atoms with van der Waals surface area (Å²) >= 11 is 0. The third-order valence-corrected chi connectivity index (χ3v) is 4.81. The maximum Gasteiger partial charge on any atom is 0.221 e. The normalized spacial score (nSPS) is 27.6. The average Bonchev–Trinajstić information content (AvgIpc) is 2.26. The van der Waals surface area contributed by atoms with E-state index in [1.54, 1.807) is 0 Å². The molecule has 0 spiro atoms. The molecule has 1 aliphatic carbocycles. The van der Waals surface area contributed by atoms with Gasteiger partial charge in [0.25, 0.3) is 0 Å². The minimum atomic E-state index is -3.22. The zero-order valence-electron chi connectivity index (χ0n) is 13.0. The molecular formula is C14H28N2O3S. The van der Waals surface area contributed by atoms with Crippen LogP contribution < -0.4 is 10.0 Å². The van der Waals surface area contributed by atoms with Crippen LogP contribution >= 0.6 is 0 Å². The molecule has 0 aromatic rings. The van der Waals surface area contributed by atoms with Crippen LogP contribution in [0.15, 0.2) is 0 Å². The number of amides is 1. The predicted molar refractivity (Wildman–Crippen MR) is 80.7 cm³/mol. The van der Waals surface area contributed by atoms with Crippen molar-refractivity contribution in [1.82, 2.24) is 10.0 Å². The highest BCUT2D eigenvalue weighted by Gasteiger charge is 2.31. The van der Waals surface area contributed by atoms with Gasteiger partial charge in [-0.25, -0.2) is 13.1 Å². The van der Waals surface area contributed by atoms with Gasteiger partial charge in [-0.3, -0.25) is 4.79 Å². The smallest absolute Gasteiger partial charge is 0.221 e. The standard InChI is InChI=1S/C14H28N2O3S/c1-10(2)12-6-5-11(3)9-13(12)16-14(17)7-8-15-20(4,18)19/h10-13,15H,5-9H2,1-4H3,(H,16,17)/t11-,12+,13-/m1/s1. The summed E-state index contributed by atoms with van der Waals surface area (Å²) in [6, 6.07) is 0.226. The van der Waals surface area contributed by atoms with E-state index in [9.17, 15) is 13.2 Å². The maximum absolute atomic E-state index is 11.9. The zero-order valence-corrected chi connectivity index (χ0v) is 13.8. The molecule has 6 heteroatoms. The Labute approximate surface area is 122 Å². The summed E-state index contributed by atoms with van der Waals surface area (Å²) in [4.78, 5) is 11.9. The Morgan fingerprint density at radius 1 is 1.30 bits per heavy atom. The van der Waals surface area contributed by atoms with E-state index in [4.69, 9.17) is 0 Å². The van der Waals surface area contributed by atoms with Gasteiger partial charge in [-0.2, -0.15) is 0 Å². The van der Waals surface area contributed by atoms with E-state index < -0.39 is 10.0 Å². The lowest BCUT2D eigenvalue weighted by Gasteiger charge is -2.37. The first kappa shape index (κ1) is 17.4. The van der Waals surface area contributed by atoms with Crippen molar-refractivity contribution < 1.29 is 13.2 Å².